The number of rotatable bonds is 6. The molecule has 0 atom stereocenters. The van der Waals surface area contributed by atoms with E-state index in [1.165, 1.54) is 12.1 Å². The van der Waals surface area contributed by atoms with Gasteiger partial charge in [-0.25, -0.2) is 17.6 Å². The van der Waals surface area contributed by atoms with E-state index in [1.54, 1.807) is 0 Å². The summed E-state index contributed by atoms with van der Waals surface area (Å²) in [6.07, 6.45) is 1.55. The van der Waals surface area contributed by atoms with Crippen LogP contribution in [0.25, 0.3) is 0 Å². The molecule has 0 fully saturated rings. The molecule has 1 aromatic carbocycles. The Balaban J connectivity index is 2.61. The number of carboxylic acids is 1. The number of thioether (sulfide) groups is 1. The second-order valence-corrected chi connectivity index (χ2v) is 7.18. The molecule has 0 aliphatic carbocycles. The predicted molar refractivity (Wildman–Crippen MR) is 68.4 cm³/mol. The molecule has 0 aromatic heterocycles. The number of hydrogen-bond donors (Lipinski definition) is 1. The molecule has 1 aromatic rings. The number of carbonyl (C=O) groups is 1. The fourth-order valence-corrected chi connectivity index (χ4v) is 3.03. The van der Waals surface area contributed by atoms with Crippen molar-refractivity contribution in [1.82, 2.24) is 0 Å². The van der Waals surface area contributed by atoms with E-state index in [9.17, 15) is 17.6 Å². The number of halogens is 1. The molecule has 0 aliphatic heterocycles. The Kier molecular flexibility index (Phi) is 5.15. The van der Waals surface area contributed by atoms with E-state index in [0.717, 1.165) is 24.1 Å². The van der Waals surface area contributed by atoms with Crippen LogP contribution >= 0.6 is 11.8 Å². The summed E-state index contributed by atoms with van der Waals surface area (Å²) in [6.45, 7) is 0. The summed E-state index contributed by atoms with van der Waals surface area (Å²) >= 11 is 1.12. The summed E-state index contributed by atoms with van der Waals surface area (Å²) in [5.41, 5.74) is 0.0158. The van der Waals surface area contributed by atoms with Crippen molar-refractivity contribution in [2.45, 2.75) is 11.3 Å². The maximum atomic E-state index is 13.4. The van der Waals surface area contributed by atoms with Gasteiger partial charge in [0.2, 0.25) is 0 Å². The second kappa shape index (κ2) is 6.19. The Labute approximate surface area is 109 Å². The monoisotopic (exact) mass is 292 g/mol. The summed E-state index contributed by atoms with van der Waals surface area (Å²) in [5, 5.41) is 8.77. The van der Waals surface area contributed by atoms with Crippen LogP contribution in [0.1, 0.15) is 16.8 Å². The zero-order chi connectivity index (χ0) is 13.8. The largest absolute Gasteiger partial charge is 0.478 e. The average Bonchev–Trinajstić information content (AvgIpc) is 2.24. The molecule has 0 saturated carbocycles. The van der Waals surface area contributed by atoms with Crippen molar-refractivity contribution < 1.29 is 22.7 Å². The SMILES string of the molecule is CS(=O)(=O)CCCSc1cc(C(=O)O)ccc1F. The van der Waals surface area contributed by atoms with Crippen molar-refractivity contribution in [3.8, 4) is 0 Å². The Morgan fingerprint density at radius 2 is 2.11 bits per heavy atom. The first-order valence-electron chi connectivity index (χ1n) is 5.13. The van der Waals surface area contributed by atoms with Crippen molar-refractivity contribution in [2.24, 2.45) is 0 Å². The summed E-state index contributed by atoms with van der Waals surface area (Å²) in [5.74, 6) is -1.15. The van der Waals surface area contributed by atoms with Gasteiger partial charge in [-0.15, -0.1) is 11.8 Å². The summed E-state index contributed by atoms with van der Waals surface area (Å²) in [6, 6.07) is 3.54. The van der Waals surface area contributed by atoms with Gasteiger partial charge in [-0.2, -0.15) is 0 Å². The third kappa shape index (κ3) is 5.05. The van der Waals surface area contributed by atoms with Crippen LogP contribution < -0.4 is 0 Å². The molecule has 0 unspecified atom stereocenters. The maximum Gasteiger partial charge on any atom is 0.335 e. The van der Waals surface area contributed by atoms with E-state index in [-0.39, 0.29) is 16.2 Å². The Morgan fingerprint density at radius 1 is 1.44 bits per heavy atom. The molecule has 7 heteroatoms. The number of benzene rings is 1. The zero-order valence-corrected chi connectivity index (χ0v) is 11.4. The van der Waals surface area contributed by atoms with Crippen LogP contribution in [-0.2, 0) is 9.84 Å². The average molecular weight is 292 g/mol. The molecule has 100 valence electrons. The Morgan fingerprint density at radius 3 is 2.67 bits per heavy atom. The first kappa shape index (κ1) is 15.0. The van der Waals surface area contributed by atoms with Crippen LogP contribution in [0.15, 0.2) is 23.1 Å². The topological polar surface area (TPSA) is 71.4 Å². The second-order valence-electron chi connectivity index (χ2n) is 3.78. The third-order valence-corrected chi connectivity index (χ3v) is 4.24. The molecule has 0 saturated heterocycles. The lowest BCUT2D eigenvalue weighted by Gasteiger charge is -2.04. The van der Waals surface area contributed by atoms with Crippen LogP contribution in [0.3, 0.4) is 0 Å². The minimum absolute atomic E-state index is 0.0158. The van der Waals surface area contributed by atoms with Gasteiger partial charge >= 0.3 is 5.97 Å². The fourth-order valence-electron chi connectivity index (χ4n) is 1.25. The number of carboxylic acid groups (broad SMARTS) is 1. The first-order chi connectivity index (χ1) is 8.29. The normalized spacial score (nSPS) is 11.4. The molecule has 4 nitrogen and oxygen atoms in total. The van der Waals surface area contributed by atoms with E-state index < -0.39 is 21.6 Å². The molecule has 0 amide bonds. The van der Waals surface area contributed by atoms with Crippen molar-refractivity contribution in [2.75, 3.05) is 17.8 Å². The highest BCUT2D eigenvalue weighted by molar-refractivity contribution is 7.99. The summed E-state index contributed by atoms with van der Waals surface area (Å²) in [4.78, 5) is 10.9. The minimum Gasteiger partial charge on any atom is -0.478 e. The highest BCUT2D eigenvalue weighted by atomic mass is 32.2. The molecule has 0 radical (unpaired) electrons. The lowest BCUT2D eigenvalue weighted by Crippen LogP contribution is -2.03. The molecule has 0 bridgehead atoms. The Bertz CT molecular complexity index is 540. The quantitative estimate of drug-likeness (QED) is 0.642. The molecule has 0 heterocycles. The zero-order valence-electron chi connectivity index (χ0n) is 9.72. The van der Waals surface area contributed by atoms with Crippen molar-refractivity contribution in [1.29, 1.82) is 0 Å². The van der Waals surface area contributed by atoms with Crippen LogP contribution in [0.4, 0.5) is 4.39 Å². The van der Waals surface area contributed by atoms with E-state index in [2.05, 4.69) is 0 Å². The fraction of sp³-hybridized carbons (Fsp3) is 0.364. The molecule has 1 N–H and O–H groups in total. The summed E-state index contributed by atoms with van der Waals surface area (Å²) < 4.78 is 35.1. The van der Waals surface area contributed by atoms with Crippen LogP contribution in [0.2, 0.25) is 0 Å². The lowest BCUT2D eigenvalue weighted by atomic mass is 10.2. The van der Waals surface area contributed by atoms with Crippen LogP contribution in [0, 0.1) is 5.82 Å². The van der Waals surface area contributed by atoms with Gasteiger partial charge in [-0.1, -0.05) is 0 Å². The molecule has 1 rings (SSSR count). The predicted octanol–water partition coefficient (Wildman–Crippen LogP) is 2.05. The van der Waals surface area contributed by atoms with Crippen molar-refractivity contribution in [3.63, 3.8) is 0 Å². The summed E-state index contributed by atoms with van der Waals surface area (Å²) in [7, 11) is -3.01. The minimum atomic E-state index is -3.01. The molecule has 0 spiro atoms. The standard InChI is InChI=1S/C11H13FO4S2/c1-18(15,16)6-2-5-17-10-7-8(11(13)14)3-4-9(10)12/h3-4,7H,2,5-6H2,1H3,(H,13,14). The smallest absolute Gasteiger partial charge is 0.335 e. The van der Waals surface area contributed by atoms with Gasteiger partial charge in [-0.3, -0.25) is 0 Å². The van der Waals surface area contributed by atoms with Crippen molar-refractivity contribution in [3.05, 3.63) is 29.6 Å². The van der Waals surface area contributed by atoms with Crippen LogP contribution in [0.5, 0.6) is 0 Å². The van der Waals surface area contributed by atoms with Gasteiger partial charge in [0, 0.05) is 11.2 Å². The van der Waals surface area contributed by atoms with Gasteiger partial charge in [-0.05, 0) is 30.4 Å². The van der Waals surface area contributed by atoms with E-state index in [4.69, 9.17) is 5.11 Å². The van der Waals surface area contributed by atoms with E-state index in [0.29, 0.717) is 12.2 Å². The molecular weight excluding hydrogens is 279 g/mol. The maximum absolute atomic E-state index is 13.4. The number of sulfone groups is 1. The van der Waals surface area contributed by atoms with E-state index in [1.807, 2.05) is 0 Å². The molecular formula is C11H13FO4S2. The van der Waals surface area contributed by atoms with Gasteiger partial charge < -0.3 is 5.11 Å². The molecule has 18 heavy (non-hydrogen) atoms. The highest BCUT2D eigenvalue weighted by Crippen LogP contribution is 2.23. The molecule has 0 aliphatic rings. The number of aromatic carboxylic acids is 1. The Hall–Kier alpha value is -1.08. The first-order valence-corrected chi connectivity index (χ1v) is 8.17. The van der Waals surface area contributed by atoms with Gasteiger partial charge in [0.05, 0.1) is 11.3 Å². The van der Waals surface area contributed by atoms with Crippen LogP contribution in [-0.4, -0.2) is 37.3 Å². The van der Waals surface area contributed by atoms with Gasteiger partial charge in [0.15, 0.2) is 0 Å². The van der Waals surface area contributed by atoms with Gasteiger partial charge in [0.25, 0.3) is 0 Å². The number of hydrogen-bond acceptors (Lipinski definition) is 4. The van der Waals surface area contributed by atoms with Crippen molar-refractivity contribution >= 4 is 27.6 Å². The third-order valence-electron chi connectivity index (χ3n) is 2.10. The lowest BCUT2D eigenvalue weighted by molar-refractivity contribution is 0.0696. The van der Waals surface area contributed by atoms with E-state index >= 15 is 0 Å². The van der Waals surface area contributed by atoms with Gasteiger partial charge in [0.1, 0.15) is 15.7 Å². The highest BCUT2D eigenvalue weighted by Gasteiger charge is 2.09.